The maximum atomic E-state index is 11.6. The standard InChI is InChI=1S/C11H7NO4S.Mg.2H/c13-9(14)7-2-1-3-8(6-7)10(15)16-11-12-4-5-17-11;;;/h1-6H,(H,13,14);;;/q;+2;2*-1. The normalized spacial score (nSPS) is 9.33. The smallest absolute Gasteiger partial charge is 1.00 e. The van der Waals surface area contributed by atoms with E-state index in [0.29, 0.717) is 0 Å². The molecule has 2 rings (SSSR count). The number of rotatable bonds is 3. The van der Waals surface area contributed by atoms with Crippen molar-refractivity contribution in [2.45, 2.75) is 0 Å². The Balaban J connectivity index is 0. The maximum Gasteiger partial charge on any atom is 2.00 e. The maximum absolute atomic E-state index is 11.6. The van der Waals surface area contributed by atoms with E-state index in [0.717, 1.165) is 0 Å². The third-order valence-electron chi connectivity index (χ3n) is 1.93. The quantitative estimate of drug-likeness (QED) is 0.684. The van der Waals surface area contributed by atoms with Crippen molar-refractivity contribution in [3.8, 4) is 5.19 Å². The molecule has 0 radical (unpaired) electrons. The van der Waals surface area contributed by atoms with Gasteiger partial charge in [-0.25, -0.2) is 14.6 Å². The van der Waals surface area contributed by atoms with Crippen LogP contribution in [0.15, 0.2) is 35.8 Å². The van der Waals surface area contributed by atoms with Gasteiger partial charge in [0.25, 0.3) is 5.19 Å². The molecule has 0 aliphatic heterocycles. The largest absolute Gasteiger partial charge is 2.00 e. The molecule has 5 nitrogen and oxygen atoms in total. The Hall–Kier alpha value is -1.44. The molecular formula is C11H9MgNO4S. The summed E-state index contributed by atoms with van der Waals surface area (Å²) in [5.74, 6) is -1.71. The molecule has 1 heterocycles. The molecule has 0 saturated carbocycles. The summed E-state index contributed by atoms with van der Waals surface area (Å²) in [5, 5.41) is 10.7. The fourth-order valence-corrected chi connectivity index (χ4v) is 1.66. The van der Waals surface area contributed by atoms with Crippen molar-refractivity contribution >= 4 is 46.3 Å². The molecule has 18 heavy (non-hydrogen) atoms. The van der Waals surface area contributed by atoms with Crippen molar-refractivity contribution < 1.29 is 22.3 Å². The van der Waals surface area contributed by atoms with Gasteiger partial charge in [-0.05, 0) is 18.2 Å². The number of hydrogen-bond acceptors (Lipinski definition) is 5. The van der Waals surface area contributed by atoms with E-state index in [9.17, 15) is 9.59 Å². The second-order valence-electron chi connectivity index (χ2n) is 3.07. The number of carbonyl (C=O) groups is 2. The van der Waals surface area contributed by atoms with E-state index in [1.54, 1.807) is 5.38 Å². The van der Waals surface area contributed by atoms with E-state index < -0.39 is 11.9 Å². The number of carboxylic acid groups (broad SMARTS) is 1. The number of aromatic nitrogens is 1. The summed E-state index contributed by atoms with van der Waals surface area (Å²) >= 11 is 1.19. The van der Waals surface area contributed by atoms with Crippen molar-refractivity contribution in [3.05, 3.63) is 47.0 Å². The van der Waals surface area contributed by atoms with Gasteiger partial charge >= 0.3 is 35.0 Å². The summed E-state index contributed by atoms with van der Waals surface area (Å²) in [6, 6.07) is 5.64. The van der Waals surface area contributed by atoms with Crippen LogP contribution in [0.3, 0.4) is 0 Å². The van der Waals surface area contributed by atoms with Crippen LogP contribution in [-0.4, -0.2) is 45.1 Å². The molecule has 1 aromatic carbocycles. The van der Waals surface area contributed by atoms with E-state index >= 15 is 0 Å². The van der Waals surface area contributed by atoms with E-state index in [-0.39, 0.29) is 42.2 Å². The van der Waals surface area contributed by atoms with Crippen molar-refractivity contribution in [1.82, 2.24) is 4.98 Å². The zero-order chi connectivity index (χ0) is 12.3. The fraction of sp³-hybridized carbons (Fsp3) is 0. The number of ether oxygens (including phenoxy) is 1. The van der Waals surface area contributed by atoms with Crippen molar-refractivity contribution in [3.63, 3.8) is 0 Å². The first-order valence-corrected chi connectivity index (χ1v) is 5.50. The molecule has 7 heteroatoms. The van der Waals surface area contributed by atoms with Gasteiger partial charge in [0.2, 0.25) is 0 Å². The Bertz CT molecular complexity index is 565. The summed E-state index contributed by atoms with van der Waals surface area (Å²) < 4.78 is 4.95. The average Bonchev–Trinajstić information content (AvgIpc) is 2.82. The number of benzene rings is 1. The van der Waals surface area contributed by atoms with E-state index in [1.807, 2.05) is 0 Å². The van der Waals surface area contributed by atoms with Crippen LogP contribution in [0.5, 0.6) is 5.19 Å². The Kier molecular flexibility index (Phi) is 5.26. The predicted molar refractivity (Wildman–Crippen MR) is 68.5 cm³/mol. The second-order valence-corrected chi connectivity index (χ2v) is 3.93. The number of esters is 1. The van der Waals surface area contributed by atoms with Gasteiger partial charge in [0, 0.05) is 11.6 Å². The Morgan fingerprint density at radius 1 is 1.33 bits per heavy atom. The molecule has 0 bridgehead atoms. The average molecular weight is 276 g/mol. The molecule has 0 spiro atoms. The van der Waals surface area contributed by atoms with Gasteiger partial charge in [0.05, 0.1) is 11.1 Å². The summed E-state index contributed by atoms with van der Waals surface area (Å²) in [5.41, 5.74) is 0.221. The van der Waals surface area contributed by atoms with Crippen molar-refractivity contribution in [1.29, 1.82) is 0 Å². The van der Waals surface area contributed by atoms with Crippen LogP contribution in [-0.2, 0) is 0 Å². The SMILES string of the molecule is O=C(O)c1cccc(C(=O)Oc2nccs2)c1.[H-].[H-].[Mg+2]. The van der Waals surface area contributed by atoms with Crippen LogP contribution in [0.1, 0.15) is 23.6 Å². The summed E-state index contributed by atoms with van der Waals surface area (Å²) in [7, 11) is 0. The minimum atomic E-state index is -1.09. The van der Waals surface area contributed by atoms with E-state index in [4.69, 9.17) is 9.84 Å². The Morgan fingerprint density at radius 2 is 2.06 bits per heavy atom. The molecule has 0 saturated heterocycles. The third kappa shape index (κ3) is 3.52. The van der Waals surface area contributed by atoms with Crippen molar-refractivity contribution in [2.75, 3.05) is 0 Å². The number of carbonyl (C=O) groups excluding carboxylic acids is 1. The molecular weight excluding hydrogens is 266 g/mol. The predicted octanol–water partition coefficient (Wildman–Crippen LogP) is 1.90. The first-order valence-electron chi connectivity index (χ1n) is 4.62. The number of thiazole rings is 1. The molecule has 0 unspecified atom stereocenters. The van der Waals surface area contributed by atoms with Gasteiger partial charge in [-0.3, -0.25) is 0 Å². The molecule has 0 atom stereocenters. The number of hydrogen-bond donors (Lipinski definition) is 1. The van der Waals surface area contributed by atoms with Crippen molar-refractivity contribution in [2.24, 2.45) is 0 Å². The van der Waals surface area contributed by atoms with Crippen LogP contribution in [0.2, 0.25) is 0 Å². The Morgan fingerprint density at radius 3 is 2.67 bits per heavy atom. The molecule has 1 N–H and O–H groups in total. The zero-order valence-electron chi connectivity index (χ0n) is 11.2. The molecule has 2 aromatic rings. The van der Waals surface area contributed by atoms with Gasteiger partial charge in [-0.1, -0.05) is 17.4 Å². The number of carboxylic acids is 1. The molecule has 1 aromatic heterocycles. The summed E-state index contributed by atoms with van der Waals surface area (Å²) in [6.45, 7) is 0. The summed E-state index contributed by atoms with van der Waals surface area (Å²) in [6.07, 6.45) is 1.51. The van der Waals surface area contributed by atoms with Gasteiger partial charge in [-0.15, -0.1) is 0 Å². The minimum Gasteiger partial charge on any atom is -1.00 e. The third-order valence-corrected chi connectivity index (χ3v) is 2.58. The molecule has 0 amide bonds. The van der Waals surface area contributed by atoms with Crippen LogP contribution in [0.4, 0.5) is 0 Å². The Labute approximate surface area is 126 Å². The topological polar surface area (TPSA) is 76.5 Å². The van der Waals surface area contributed by atoms with Gasteiger partial charge in [-0.2, -0.15) is 0 Å². The summed E-state index contributed by atoms with van der Waals surface area (Å²) in [4.78, 5) is 26.2. The number of aromatic carboxylic acids is 1. The molecule has 0 aliphatic carbocycles. The van der Waals surface area contributed by atoms with Crippen LogP contribution in [0, 0.1) is 0 Å². The van der Waals surface area contributed by atoms with Gasteiger partial charge in [0.15, 0.2) is 0 Å². The first kappa shape index (κ1) is 14.6. The molecule has 90 valence electrons. The monoisotopic (exact) mass is 275 g/mol. The fourth-order valence-electron chi connectivity index (χ4n) is 1.18. The van der Waals surface area contributed by atoms with Crippen LogP contribution in [0.25, 0.3) is 0 Å². The first-order chi connectivity index (χ1) is 8.16. The van der Waals surface area contributed by atoms with Gasteiger partial charge in [0.1, 0.15) is 0 Å². The van der Waals surface area contributed by atoms with E-state index in [1.165, 1.54) is 41.8 Å². The molecule has 0 fully saturated rings. The van der Waals surface area contributed by atoms with Crippen LogP contribution >= 0.6 is 11.3 Å². The second kappa shape index (κ2) is 6.48. The zero-order valence-corrected chi connectivity index (χ0v) is 11.4. The molecule has 0 aliphatic rings. The number of nitrogens with zero attached hydrogens (tertiary/aromatic N) is 1. The van der Waals surface area contributed by atoms with Gasteiger partial charge < -0.3 is 12.7 Å². The van der Waals surface area contributed by atoms with E-state index in [2.05, 4.69) is 4.98 Å². The minimum absolute atomic E-state index is 0. The van der Waals surface area contributed by atoms with Crippen LogP contribution < -0.4 is 4.74 Å².